The lowest BCUT2D eigenvalue weighted by Crippen LogP contribution is -1.99. The lowest BCUT2D eigenvalue weighted by atomic mass is 10.2. The molecule has 5 heteroatoms. The standard InChI is InChI=1S/C13H11BrClNO2/c14-11-5-9(2-4-12(11)15)16-7-8-1-3-10(17)6-13(8)18/h1-6,16-18H,7H2. The van der Waals surface area contributed by atoms with Crippen molar-refractivity contribution in [1.29, 1.82) is 0 Å². The fraction of sp³-hybridized carbons (Fsp3) is 0.0769. The Bertz CT molecular complexity index is 575. The van der Waals surface area contributed by atoms with Gasteiger partial charge in [-0.3, -0.25) is 0 Å². The van der Waals surface area contributed by atoms with E-state index in [0.717, 1.165) is 10.2 Å². The second kappa shape index (κ2) is 5.50. The quantitative estimate of drug-likeness (QED) is 0.794. The molecular formula is C13H11BrClNO2. The molecule has 0 aromatic heterocycles. The van der Waals surface area contributed by atoms with Gasteiger partial charge in [-0.15, -0.1) is 0 Å². The summed E-state index contributed by atoms with van der Waals surface area (Å²) in [7, 11) is 0. The van der Waals surface area contributed by atoms with Crippen LogP contribution in [-0.4, -0.2) is 10.2 Å². The molecule has 0 atom stereocenters. The predicted molar refractivity (Wildman–Crippen MR) is 76.3 cm³/mol. The molecular weight excluding hydrogens is 318 g/mol. The van der Waals surface area contributed by atoms with Crippen molar-refractivity contribution in [2.45, 2.75) is 6.54 Å². The molecule has 0 spiro atoms. The molecule has 2 rings (SSSR count). The maximum atomic E-state index is 9.64. The van der Waals surface area contributed by atoms with E-state index in [2.05, 4.69) is 21.2 Å². The van der Waals surface area contributed by atoms with Crippen molar-refractivity contribution in [1.82, 2.24) is 0 Å². The van der Waals surface area contributed by atoms with Crippen LogP contribution in [0.4, 0.5) is 5.69 Å². The van der Waals surface area contributed by atoms with Crippen LogP contribution < -0.4 is 5.32 Å². The molecule has 0 saturated heterocycles. The van der Waals surface area contributed by atoms with Gasteiger partial charge in [-0.1, -0.05) is 11.6 Å². The van der Waals surface area contributed by atoms with Crippen molar-refractivity contribution in [2.24, 2.45) is 0 Å². The van der Waals surface area contributed by atoms with E-state index in [0.29, 0.717) is 17.1 Å². The third-order valence-corrected chi connectivity index (χ3v) is 3.69. The largest absolute Gasteiger partial charge is 0.508 e. The summed E-state index contributed by atoms with van der Waals surface area (Å²) in [6, 6.07) is 10.0. The van der Waals surface area contributed by atoms with E-state index >= 15 is 0 Å². The van der Waals surface area contributed by atoms with Gasteiger partial charge in [0.1, 0.15) is 11.5 Å². The number of rotatable bonds is 3. The molecule has 0 amide bonds. The minimum Gasteiger partial charge on any atom is -0.508 e. The molecule has 18 heavy (non-hydrogen) atoms. The SMILES string of the molecule is Oc1ccc(CNc2ccc(Cl)c(Br)c2)c(O)c1. The van der Waals surface area contributed by atoms with Crippen LogP contribution in [0.1, 0.15) is 5.56 Å². The van der Waals surface area contributed by atoms with Gasteiger partial charge in [0.25, 0.3) is 0 Å². The summed E-state index contributed by atoms with van der Waals surface area (Å²) in [5, 5.41) is 22.6. The van der Waals surface area contributed by atoms with Gasteiger partial charge in [0, 0.05) is 28.3 Å². The number of aromatic hydroxyl groups is 2. The molecule has 0 fully saturated rings. The van der Waals surface area contributed by atoms with Crippen LogP contribution in [0, 0.1) is 0 Å². The summed E-state index contributed by atoms with van der Waals surface area (Å²) >= 11 is 9.24. The minimum absolute atomic E-state index is 0.0467. The Morgan fingerprint density at radius 1 is 1.11 bits per heavy atom. The molecule has 0 radical (unpaired) electrons. The number of hydrogen-bond acceptors (Lipinski definition) is 3. The van der Waals surface area contributed by atoms with E-state index in [9.17, 15) is 10.2 Å². The van der Waals surface area contributed by atoms with Crippen molar-refractivity contribution in [2.75, 3.05) is 5.32 Å². The Hall–Kier alpha value is -1.39. The average Bonchev–Trinajstić information content (AvgIpc) is 2.32. The number of anilines is 1. The first-order chi connectivity index (χ1) is 8.56. The van der Waals surface area contributed by atoms with E-state index < -0.39 is 0 Å². The van der Waals surface area contributed by atoms with Crippen LogP contribution in [0.25, 0.3) is 0 Å². The average molecular weight is 329 g/mol. The van der Waals surface area contributed by atoms with Crippen LogP contribution in [0.5, 0.6) is 11.5 Å². The van der Waals surface area contributed by atoms with Crippen molar-refractivity contribution in [3.8, 4) is 11.5 Å². The summed E-state index contributed by atoms with van der Waals surface area (Å²) in [6.07, 6.45) is 0. The number of nitrogens with one attached hydrogen (secondary N) is 1. The third kappa shape index (κ3) is 3.09. The van der Waals surface area contributed by atoms with Gasteiger partial charge >= 0.3 is 0 Å². The number of phenolic OH excluding ortho intramolecular Hbond substituents is 2. The topological polar surface area (TPSA) is 52.5 Å². The highest BCUT2D eigenvalue weighted by Gasteiger charge is 2.03. The number of benzene rings is 2. The van der Waals surface area contributed by atoms with Gasteiger partial charge in [0.15, 0.2) is 0 Å². The highest BCUT2D eigenvalue weighted by Crippen LogP contribution is 2.27. The normalized spacial score (nSPS) is 10.3. The molecule has 0 bridgehead atoms. The summed E-state index contributed by atoms with van der Waals surface area (Å²) < 4.78 is 0.809. The number of phenols is 2. The monoisotopic (exact) mass is 327 g/mol. The molecule has 0 aliphatic rings. The minimum atomic E-state index is 0.0467. The summed E-state index contributed by atoms with van der Waals surface area (Å²) in [6.45, 7) is 0.459. The lowest BCUT2D eigenvalue weighted by molar-refractivity contribution is 0.446. The Kier molecular flexibility index (Phi) is 3.99. The van der Waals surface area contributed by atoms with E-state index in [1.165, 1.54) is 12.1 Å². The highest BCUT2D eigenvalue weighted by atomic mass is 79.9. The summed E-state index contributed by atoms with van der Waals surface area (Å²) in [5.41, 5.74) is 1.60. The highest BCUT2D eigenvalue weighted by molar-refractivity contribution is 9.10. The molecule has 0 unspecified atom stereocenters. The van der Waals surface area contributed by atoms with Crippen LogP contribution in [0.3, 0.4) is 0 Å². The zero-order valence-corrected chi connectivity index (χ0v) is 11.7. The van der Waals surface area contributed by atoms with E-state index in [1.54, 1.807) is 12.1 Å². The maximum Gasteiger partial charge on any atom is 0.124 e. The van der Waals surface area contributed by atoms with Gasteiger partial charge in [-0.05, 0) is 46.3 Å². The van der Waals surface area contributed by atoms with Gasteiger partial charge in [-0.25, -0.2) is 0 Å². The van der Waals surface area contributed by atoms with Crippen molar-refractivity contribution in [3.05, 3.63) is 51.5 Å². The molecule has 0 aliphatic carbocycles. The number of halogens is 2. The van der Waals surface area contributed by atoms with Crippen LogP contribution in [0.2, 0.25) is 5.02 Å². The Morgan fingerprint density at radius 2 is 1.89 bits per heavy atom. The van der Waals surface area contributed by atoms with Gasteiger partial charge < -0.3 is 15.5 Å². The zero-order valence-electron chi connectivity index (χ0n) is 9.32. The van der Waals surface area contributed by atoms with Crippen molar-refractivity contribution in [3.63, 3.8) is 0 Å². The molecule has 2 aromatic rings. The lowest BCUT2D eigenvalue weighted by Gasteiger charge is -2.09. The molecule has 3 N–H and O–H groups in total. The first kappa shape index (κ1) is 13.1. The second-order valence-electron chi connectivity index (χ2n) is 3.80. The van der Waals surface area contributed by atoms with Gasteiger partial charge in [0.2, 0.25) is 0 Å². The van der Waals surface area contributed by atoms with E-state index in [4.69, 9.17) is 11.6 Å². The van der Waals surface area contributed by atoms with Crippen LogP contribution in [-0.2, 0) is 6.54 Å². The summed E-state index contributed by atoms with van der Waals surface area (Å²) in [5.74, 6) is 0.112. The fourth-order valence-electron chi connectivity index (χ4n) is 1.51. The molecule has 3 nitrogen and oxygen atoms in total. The zero-order chi connectivity index (χ0) is 13.1. The van der Waals surface area contributed by atoms with Gasteiger partial charge in [0.05, 0.1) is 5.02 Å². The maximum absolute atomic E-state index is 9.64. The first-order valence-electron chi connectivity index (χ1n) is 5.26. The van der Waals surface area contributed by atoms with E-state index in [1.807, 2.05) is 12.1 Å². The van der Waals surface area contributed by atoms with Crippen molar-refractivity contribution >= 4 is 33.2 Å². The third-order valence-electron chi connectivity index (χ3n) is 2.47. The molecule has 94 valence electrons. The Balaban J connectivity index is 2.09. The number of hydrogen-bond donors (Lipinski definition) is 3. The van der Waals surface area contributed by atoms with Crippen molar-refractivity contribution < 1.29 is 10.2 Å². The second-order valence-corrected chi connectivity index (χ2v) is 5.06. The van der Waals surface area contributed by atoms with Crippen LogP contribution in [0.15, 0.2) is 40.9 Å². The molecule has 0 saturated carbocycles. The van der Waals surface area contributed by atoms with E-state index in [-0.39, 0.29) is 11.5 Å². The Morgan fingerprint density at radius 3 is 2.56 bits per heavy atom. The fourth-order valence-corrected chi connectivity index (χ4v) is 2.00. The molecule has 0 aliphatic heterocycles. The predicted octanol–water partition coefficient (Wildman–Crippen LogP) is 4.13. The Labute approximate surface area is 118 Å². The summed E-state index contributed by atoms with van der Waals surface area (Å²) in [4.78, 5) is 0. The molecule has 0 heterocycles. The first-order valence-corrected chi connectivity index (χ1v) is 6.43. The van der Waals surface area contributed by atoms with Crippen LogP contribution >= 0.6 is 27.5 Å². The van der Waals surface area contributed by atoms with Gasteiger partial charge in [-0.2, -0.15) is 0 Å². The smallest absolute Gasteiger partial charge is 0.124 e. The molecule has 2 aromatic carbocycles.